The van der Waals surface area contributed by atoms with E-state index < -0.39 is 0 Å². The molecule has 0 aliphatic carbocycles. The second kappa shape index (κ2) is 6.32. The molecule has 0 atom stereocenters. The van der Waals surface area contributed by atoms with E-state index in [1.807, 2.05) is 19.1 Å². The number of likely N-dealkylation sites (tertiary alicyclic amines) is 1. The number of amides is 3. The molecule has 2 aliphatic rings. The molecule has 1 fully saturated rings. The van der Waals surface area contributed by atoms with E-state index in [0.29, 0.717) is 11.6 Å². The van der Waals surface area contributed by atoms with Gasteiger partial charge in [0.15, 0.2) is 0 Å². The van der Waals surface area contributed by atoms with E-state index in [2.05, 4.69) is 0 Å². The fourth-order valence-electron chi connectivity index (χ4n) is 3.39. The maximum absolute atomic E-state index is 12.6. The zero-order chi connectivity index (χ0) is 16.6. The van der Waals surface area contributed by atoms with Gasteiger partial charge < -0.3 is 4.90 Å². The van der Waals surface area contributed by atoms with Gasteiger partial charge in [0.05, 0.1) is 0 Å². The van der Waals surface area contributed by atoms with Crippen molar-refractivity contribution in [3.8, 4) is 0 Å². The summed E-state index contributed by atoms with van der Waals surface area (Å²) in [4.78, 5) is 38.8. The third kappa shape index (κ3) is 3.11. The van der Waals surface area contributed by atoms with Crippen LogP contribution in [0.25, 0.3) is 0 Å². The van der Waals surface area contributed by atoms with Gasteiger partial charge in [0.2, 0.25) is 17.7 Å². The van der Waals surface area contributed by atoms with Gasteiger partial charge in [-0.25, -0.2) is 0 Å². The second-order valence-corrected chi connectivity index (χ2v) is 6.50. The molecule has 6 heteroatoms. The minimum atomic E-state index is -0.176. The van der Waals surface area contributed by atoms with Gasteiger partial charge >= 0.3 is 0 Å². The molecule has 0 spiro atoms. The Bertz CT molecular complexity index is 671. The summed E-state index contributed by atoms with van der Waals surface area (Å²) in [5, 5.41) is 0.684. The lowest BCUT2D eigenvalue weighted by molar-refractivity contribution is -0.138. The van der Waals surface area contributed by atoms with Gasteiger partial charge in [0.25, 0.3) is 0 Å². The molecule has 3 amide bonds. The average Bonchev–Trinajstić information content (AvgIpc) is 2.82. The lowest BCUT2D eigenvalue weighted by Crippen LogP contribution is -2.39. The minimum absolute atomic E-state index is 0.0520. The number of rotatable bonds is 3. The van der Waals surface area contributed by atoms with E-state index in [4.69, 9.17) is 11.6 Å². The Kier molecular flexibility index (Phi) is 4.39. The normalized spacial score (nSPS) is 17.7. The summed E-state index contributed by atoms with van der Waals surface area (Å²) in [6, 6.07) is 3.77. The molecule has 2 heterocycles. The van der Waals surface area contributed by atoms with Gasteiger partial charge in [-0.1, -0.05) is 11.6 Å². The summed E-state index contributed by atoms with van der Waals surface area (Å²) in [7, 11) is 0. The van der Waals surface area contributed by atoms with Crippen molar-refractivity contribution in [3.05, 3.63) is 28.3 Å². The van der Waals surface area contributed by atoms with Crippen LogP contribution < -0.4 is 4.90 Å². The highest BCUT2D eigenvalue weighted by Crippen LogP contribution is 2.33. The van der Waals surface area contributed by atoms with Gasteiger partial charge in [0, 0.05) is 43.1 Å². The zero-order valence-electron chi connectivity index (χ0n) is 13.1. The first-order valence-electron chi connectivity index (χ1n) is 7.90. The number of hydrogen-bond acceptors (Lipinski definition) is 3. The minimum Gasteiger partial charge on any atom is -0.312 e. The van der Waals surface area contributed by atoms with Crippen molar-refractivity contribution in [2.75, 3.05) is 18.0 Å². The van der Waals surface area contributed by atoms with Crippen LogP contribution in [0.1, 0.15) is 36.8 Å². The first-order chi connectivity index (χ1) is 11.0. The highest BCUT2D eigenvalue weighted by molar-refractivity contribution is 6.30. The fourth-order valence-corrected chi connectivity index (χ4v) is 3.68. The molecule has 23 heavy (non-hydrogen) atoms. The largest absolute Gasteiger partial charge is 0.312 e. The third-order valence-electron chi connectivity index (χ3n) is 4.45. The molecule has 1 aromatic carbocycles. The molecule has 5 nitrogen and oxygen atoms in total. The van der Waals surface area contributed by atoms with Gasteiger partial charge in [-0.2, -0.15) is 0 Å². The van der Waals surface area contributed by atoms with Crippen LogP contribution in [0.4, 0.5) is 5.69 Å². The van der Waals surface area contributed by atoms with Gasteiger partial charge in [-0.15, -0.1) is 0 Å². The van der Waals surface area contributed by atoms with Crippen LogP contribution in [0.2, 0.25) is 5.02 Å². The Hall–Kier alpha value is -1.88. The monoisotopic (exact) mass is 334 g/mol. The maximum atomic E-state index is 12.6. The highest BCUT2D eigenvalue weighted by atomic mass is 35.5. The molecule has 1 aromatic rings. The van der Waals surface area contributed by atoms with Crippen LogP contribution in [0.5, 0.6) is 0 Å². The number of aryl methyl sites for hydroxylation is 2. The van der Waals surface area contributed by atoms with Crippen LogP contribution >= 0.6 is 11.6 Å². The van der Waals surface area contributed by atoms with E-state index in [1.54, 1.807) is 4.90 Å². The number of imide groups is 1. The smallest absolute Gasteiger partial charge is 0.229 e. The van der Waals surface area contributed by atoms with Crippen LogP contribution in [0, 0.1) is 6.92 Å². The molecule has 122 valence electrons. The summed E-state index contributed by atoms with van der Waals surface area (Å²) in [6.07, 6.45) is 2.48. The fraction of sp³-hybridized carbons (Fsp3) is 0.471. The maximum Gasteiger partial charge on any atom is 0.229 e. The van der Waals surface area contributed by atoms with E-state index >= 15 is 0 Å². The lowest BCUT2D eigenvalue weighted by Gasteiger charge is -2.31. The Morgan fingerprint density at radius 3 is 2.57 bits per heavy atom. The number of nitrogens with zero attached hydrogens (tertiary/aromatic N) is 2. The van der Waals surface area contributed by atoms with Crippen molar-refractivity contribution in [2.24, 2.45) is 0 Å². The average molecular weight is 335 g/mol. The predicted molar refractivity (Wildman–Crippen MR) is 87.4 cm³/mol. The van der Waals surface area contributed by atoms with Crippen LogP contribution in [0.15, 0.2) is 12.1 Å². The number of halogens is 1. The van der Waals surface area contributed by atoms with Crippen molar-refractivity contribution < 1.29 is 14.4 Å². The first-order valence-corrected chi connectivity index (χ1v) is 8.28. The molecule has 2 aliphatic heterocycles. The number of fused-ring (bicyclic) bond motifs is 1. The number of anilines is 1. The summed E-state index contributed by atoms with van der Waals surface area (Å²) < 4.78 is 0. The number of benzene rings is 1. The topological polar surface area (TPSA) is 57.7 Å². The zero-order valence-corrected chi connectivity index (χ0v) is 13.9. The first kappa shape index (κ1) is 16.0. The molecule has 0 saturated carbocycles. The number of hydrogen-bond donors (Lipinski definition) is 0. The SMILES string of the molecule is Cc1cc(Cl)cc2c1N(C(=O)CCN1C(=O)CCC1=O)CCC2. The third-order valence-corrected chi connectivity index (χ3v) is 4.67. The molecular weight excluding hydrogens is 316 g/mol. The molecular formula is C17H19ClN2O3. The van der Waals surface area contributed by atoms with Crippen LogP contribution in [-0.4, -0.2) is 35.7 Å². The highest BCUT2D eigenvalue weighted by Gasteiger charge is 2.30. The summed E-state index contributed by atoms with van der Waals surface area (Å²) in [5.41, 5.74) is 3.00. The van der Waals surface area contributed by atoms with Crippen molar-refractivity contribution in [1.29, 1.82) is 0 Å². The molecule has 0 N–H and O–H groups in total. The van der Waals surface area contributed by atoms with Crippen molar-refractivity contribution in [1.82, 2.24) is 4.90 Å². The standard InChI is InChI=1S/C17H19ClN2O3/c1-11-9-13(18)10-12-3-2-7-20(17(11)12)16(23)6-8-19-14(21)4-5-15(19)22/h9-10H,2-8H2,1H3. The van der Waals surface area contributed by atoms with Crippen LogP contribution in [-0.2, 0) is 20.8 Å². The van der Waals surface area contributed by atoms with Gasteiger partial charge in [-0.3, -0.25) is 19.3 Å². The molecule has 0 radical (unpaired) electrons. The Labute approximate surface area is 140 Å². The molecule has 0 bridgehead atoms. The van der Waals surface area contributed by atoms with Gasteiger partial charge in [0.1, 0.15) is 0 Å². The Morgan fingerprint density at radius 2 is 1.87 bits per heavy atom. The summed E-state index contributed by atoms with van der Waals surface area (Å²) in [5.74, 6) is -0.404. The number of carbonyl (C=O) groups is 3. The van der Waals surface area contributed by atoms with Gasteiger partial charge in [-0.05, 0) is 43.0 Å². The quantitative estimate of drug-likeness (QED) is 0.798. The molecule has 0 unspecified atom stereocenters. The van der Waals surface area contributed by atoms with E-state index in [-0.39, 0.29) is 43.5 Å². The van der Waals surface area contributed by atoms with Crippen molar-refractivity contribution in [2.45, 2.75) is 39.0 Å². The summed E-state index contributed by atoms with van der Waals surface area (Å²) >= 11 is 6.10. The predicted octanol–water partition coefficient (Wildman–Crippen LogP) is 2.47. The Morgan fingerprint density at radius 1 is 1.17 bits per heavy atom. The van der Waals surface area contributed by atoms with Crippen LogP contribution in [0.3, 0.4) is 0 Å². The Balaban J connectivity index is 1.74. The second-order valence-electron chi connectivity index (χ2n) is 6.07. The van der Waals surface area contributed by atoms with E-state index in [0.717, 1.165) is 29.7 Å². The molecule has 0 aromatic heterocycles. The molecule has 1 saturated heterocycles. The summed E-state index contributed by atoms with van der Waals surface area (Å²) in [6.45, 7) is 2.79. The lowest BCUT2D eigenvalue weighted by atomic mass is 9.98. The number of carbonyl (C=O) groups excluding carboxylic acids is 3. The van der Waals surface area contributed by atoms with E-state index in [1.165, 1.54) is 4.90 Å². The van der Waals surface area contributed by atoms with E-state index in [9.17, 15) is 14.4 Å². The van der Waals surface area contributed by atoms with Crippen molar-refractivity contribution >= 4 is 35.0 Å². The van der Waals surface area contributed by atoms with Crippen molar-refractivity contribution in [3.63, 3.8) is 0 Å². The molecule has 3 rings (SSSR count).